The van der Waals surface area contributed by atoms with Crippen molar-refractivity contribution < 1.29 is 0 Å². The van der Waals surface area contributed by atoms with Crippen LogP contribution in [0.25, 0.3) is 81.0 Å². The van der Waals surface area contributed by atoms with E-state index in [2.05, 4.69) is 240 Å². The first-order valence-electron chi connectivity index (χ1n) is 22.0. The molecule has 2 nitrogen and oxygen atoms in total. The molecule has 0 amide bonds. The van der Waals surface area contributed by atoms with Crippen molar-refractivity contribution in [3.8, 4) is 39.1 Å². The molecular weight excluding hydrogens is 813 g/mol. The van der Waals surface area contributed by atoms with E-state index in [1.54, 1.807) is 0 Å². The van der Waals surface area contributed by atoms with Gasteiger partial charge in [0.15, 0.2) is 0 Å². The monoisotopic (exact) mass is 852 g/mol. The molecule has 0 saturated carbocycles. The first kappa shape index (κ1) is 37.2. The summed E-state index contributed by atoms with van der Waals surface area (Å²) in [5.74, 6) is 0.438. The molecule has 1 aliphatic carbocycles. The van der Waals surface area contributed by atoms with Gasteiger partial charge in [-0.3, -0.25) is 0 Å². The second kappa shape index (κ2) is 15.2. The Hall–Kier alpha value is -7.37. The maximum absolute atomic E-state index is 2.39. The average Bonchev–Trinajstić information content (AvgIpc) is 4.05. The number of hydrogen-bond donors (Lipinski definition) is 0. The largest absolute Gasteiger partial charge is 0.311 e. The van der Waals surface area contributed by atoms with Gasteiger partial charge in [0.25, 0.3) is 0 Å². The van der Waals surface area contributed by atoms with E-state index in [1.807, 2.05) is 23.1 Å². The molecule has 0 N–H and O–H groups in total. The van der Waals surface area contributed by atoms with Crippen LogP contribution in [-0.4, -0.2) is 9.82 Å². The van der Waals surface area contributed by atoms with E-state index >= 15 is 0 Å². The van der Waals surface area contributed by atoms with E-state index in [0.29, 0.717) is 11.2 Å². The third kappa shape index (κ3) is 6.09. The normalized spacial score (nSPS) is 15.3. The summed E-state index contributed by atoms with van der Waals surface area (Å²) in [6, 6.07) is 76.0. The predicted octanol–water partition coefficient (Wildman–Crippen LogP) is 17.3. The Kier molecular flexibility index (Phi) is 8.82. The second-order valence-corrected chi connectivity index (χ2v) is 19.0. The van der Waals surface area contributed by atoms with Crippen molar-refractivity contribution in [1.29, 1.82) is 0 Å². The Balaban J connectivity index is 0.888. The van der Waals surface area contributed by atoms with Crippen LogP contribution in [0.15, 0.2) is 235 Å². The molecule has 2 aliphatic rings. The van der Waals surface area contributed by atoms with E-state index in [4.69, 9.17) is 0 Å². The molecule has 9 aromatic carbocycles. The lowest BCUT2D eigenvalue weighted by Gasteiger charge is -2.26. The minimum Gasteiger partial charge on any atom is -0.311 e. The van der Waals surface area contributed by atoms with E-state index in [1.165, 1.54) is 91.5 Å². The molecule has 4 heteroatoms. The molecule has 2 unspecified atom stereocenters. The van der Waals surface area contributed by atoms with Gasteiger partial charge in [0.05, 0.1) is 11.0 Å². The molecule has 0 spiro atoms. The summed E-state index contributed by atoms with van der Waals surface area (Å²) in [6.07, 6.45) is 9.09. The summed E-state index contributed by atoms with van der Waals surface area (Å²) in [5, 5.41) is 5.61. The number of para-hydroxylation sites is 2. The van der Waals surface area contributed by atoms with E-state index in [0.717, 1.165) is 17.1 Å². The van der Waals surface area contributed by atoms with Gasteiger partial charge in [0.1, 0.15) is 0 Å². The van der Waals surface area contributed by atoms with Gasteiger partial charge in [-0.15, -0.1) is 23.1 Å². The van der Waals surface area contributed by atoms with Crippen LogP contribution in [-0.2, 0) is 0 Å². The van der Waals surface area contributed by atoms with Gasteiger partial charge < -0.3 is 9.47 Å². The summed E-state index contributed by atoms with van der Waals surface area (Å²) >= 11 is 3.88. The lowest BCUT2D eigenvalue weighted by atomic mass is 9.90. The summed E-state index contributed by atoms with van der Waals surface area (Å²) in [5.41, 5.74) is 15.8. The number of thioether (sulfide) groups is 1. The van der Waals surface area contributed by atoms with Gasteiger partial charge in [0, 0.05) is 69.8 Å². The van der Waals surface area contributed by atoms with Gasteiger partial charge in [-0.05, 0) is 112 Å². The molecule has 302 valence electrons. The topological polar surface area (TPSA) is 8.17 Å². The van der Waals surface area contributed by atoms with Crippen molar-refractivity contribution >= 4 is 82.1 Å². The van der Waals surface area contributed by atoms with Gasteiger partial charge in [-0.25, -0.2) is 0 Å². The van der Waals surface area contributed by atoms with Crippen LogP contribution in [0, 0.1) is 0 Å². The minimum atomic E-state index is 0.438. The van der Waals surface area contributed by atoms with Gasteiger partial charge >= 0.3 is 0 Å². The Morgan fingerprint density at radius 2 is 1.02 bits per heavy atom. The molecular formula is C60H40N2S2. The highest BCUT2D eigenvalue weighted by molar-refractivity contribution is 8.00. The van der Waals surface area contributed by atoms with Crippen LogP contribution < -0.4 is 4.90 Å². The molecule has 64 heavy (non-hydrogen) atoms. The summed E-state index contributed by atoms with van der Waals surface area (Å²) in [7, 11) is 0. The molecule has 3 heterocycles. The molecule has 2 aromatic heterocycles. The number of benzene rings is 9. The fourth-order valence-electron chi connectivity index (χ4n) is 10.1. The van der Waals surface area contributed by atoms with Crippen LogP contribution in [0.2, 0.25) is 0 Å². The van der Waals surface area contributed by atoms with Crippen molar-refractivity contribution in [2.45, 2.75) is 16.1 Å². The predicted molar refractivity (Wildman–Crippen MR) is 275 cm³/mol. The fraction of sp³-hybridized carbons (Fsp3) is 0.0333. The zero-order valence-corrected chi connectivity index (χ0v) is 36.4. The highest BCUT2D eigenvalue weighted by Crippen LogP contribution is 2.52. The molecule has 2 atom stereocenters. The van der Waals surface area contributed by atoms with Crippen molar-refractivity contribution in [3.63, 3.8) is 0 Å². The van der Waals surface area contributed by atoms with Crippen molar-refractivity contribution in [2.75, 3.05) is 4.90 Å². The Bertz CT molecular complexity index is 3630. The van der Waals surface area contributed by atoms with Crippen LogP contribution in [0.1, 0.15) is 11.5 Å². The standard InChI is InChI=1S/C60H40N2S2/c1-2-12-43(13-3-1)62-55-21-7-4-14-49(55)54-38-42(30-37-56(54)62)39-24-31-44(32-25-39)61(45-33-26-40(27-34-45)47-17-10-19-52-50-15-5-8-22-57(50)63-59(47)52)46-35-28-41(29-36-46)48-18-11-20-53-51-16-6-9-23-58(51)64-60(48)53/h1-38,50,57H. The molecule has 11 aromatic rings. The second-order valence-electron chi connectivity index (χ2n) is 16.8. The number of thiophene rings is 1. The maximum Gasteiger partial charge on any atom is 0.0541 e. The number of rotatable bonds is 7. The summed E-state index contributed by atoms with van der Waals surface area (Å²) in [6.45, 7) is 0. The number of hydrogen-bond acceptors (Lipinski definition) is 3. The molecule has 13 rings (SSSR count). The lowest BCUT2D eigenvalue weighted by molar-refractivity contribution is 0.881. The van der Waals surface area contributed by atoms with Crippen LogP contribution in [0.4, 0.5) is 17.1 Å². The number of nitrogens with zero attached hydrogens (tertiary/aromatic N) is 2. The first-order chi connectivity index (χ1) is 31.7. The third-order valence-electron chi connectivity index (χ3n) is 13.2. The van der Waals surface area contributed by atoms with Gasteiger partial charge in [-0.2, -0.15) is 0 Å². The quantitative estimate of drug-likeness (QED) is 0.158. The van der Waals surface area contributed by atoms with Gasteiger partial charge in [0.2, 0.25) is 0 Å². The smallest absolute Gasteiger partial charge is 0.0541 e. The highest BCUT2D eigenvalue weighted by Gasteiger charge is 2.32. The number of aromatic nitrogens is 1. The zero-order chi connectivity index (χ0) is 42.1. The first-order valence-corrected chi connectivity index (χ1v) is 23.7. The lowest BCUT2D eigenvalue weighted by Crippen LogP contribution is -2.09. The molecule has 1 aliphatic heterocycles. The van der Waals surface area contributed by atoms with E-state index in [9.17, 15) is 0 Å². The fourth-order valence-corrected chi connectivity index (χ4v) is 12.8. The molecule has 0 radical (unpaired) electrons. The van der Waals surface area contributed by atoms with E-state index in [-0.39, 0.29) is 0 Å². The SMILES string of the molecule is C1=CC2Sc3c(-c4ccc(N(c5ccc(-c6ccc7c(c6)c6ccccc6n7-c6ccccc6)cc5)c5ccc(-c6cccc7c6sc6ccccc67)cc5)cc4)cccc3C2C=C1. The van der Waals surface area contributed by atoms with Crippen LogP contribution in [0.5, 0.6) is 0 Å². The maximum atomic E-state index is 2.39. The van der Waals surface area contributed by atoms with Crippen molar-refractivity contribution in [2.24, 2.45) is 0 Å². The number of fused-ring (bicyclic) bond motifs is 9. The molecule has 0 fully saturated rings. The molecule has 0 saturated heterocycles. The highest BCUT2D eigenvalue weighted by atomic mass is 32.2. The van der Waals surface area contributed by atoms with Crippen molar-refractivity contribution in [3.05, 3.63) is 236 Å². The van der Waals surface area contributed by atoms with Crippen LogP contribution >= 0.6 is 23.1 Å². The average molecular weight is 853 g/mol. The summed E-state index contributed by atoms with van der Waals surface area (Å²) < 4.78 is 5.03. The van der Waals surface area contributed by atoms with E-state index < -0.39 is 0 Å². The third-order valence-corrected chi connectivity index (χ3v) is 15.8. The number of anilines is 3. The Labute approximate surface area is 380 Å². The van der Waals surface area contributed by atoms with Crippen molar-refractivity contribution in [1.82, 2.24) is 4.57 Å². The Morgan fingerprint density at radius 3 is 1.80 bits per heavy atom. The number of allylic oxidation sites excluding steroid dienone is 3. The van der Waals surface area contributed by atoms with Gasteiger partial charge in [-0.1, -0.05) is 158 Å². The Morgan fingerprint density at radius 1 is 0.422 bits per heavy atom. The molecule has 0 bridgehead atoms. The van der Waals surface area contributed by atoms with Crippen LogP contribution in [0.3, 0.4) is 0 Å². The summed E-state index contributed by atoms with van der Waals surface area (Å²) in [4.78, 5) is 3.79. The minimum absolute atomic E-state index is 0.438. The zero-order valence-electron chi connectivity index (χ0n) is 34.8.